The van der Waals surface area contributed by atoms with Crippen molar-refractivity contribution in [1.82, 2.24) is 0 Å². The zero-order chi connectivity index (χ0) is 12.9. The highest BCUT2D eigenvalue weighted by Gasteiger charge is 2.10. The van der Waals surface area contributed by atoms with Crippen LogP contribution in [0.5, 0.6) is 0 Å². The van der Waals surface area contributed by atoms with E-state index in [0.29, 0.717) is 10.8 Å². The summed E-state index contributed by atoms with van der Waals surface area (Å²) in [6, 6.07) is 8.13. The molecule has 1 atom stereocenters. The van der Waals surface area contributed by atoms with Crippen LogP contribution in [0, 0.1) is 5.92 Å². The van der Waals surface area contributed by atoms with E-state index in [4.69, 9.17) is 5.73 Å². The molecule has 0 aliphatic heterocycles. The molecule has 2 N–H and O–H groups in total. The Bertz CT molecular complexity index is 469. The van der Waals surface area contributed by atoms with Crippen LogP contribution in [0.1, 0.15) is 20.3 Å². The van der Waals surface area contributed by atoms with E-state index in [-0.39, 0.29) is 18.4 Å². The molecule has 0 heterocycles. The lowest BCUT2D eigenvalue weighted by Gasteiger charge is -2.08. The van der Waals surface area contributed by atoms with Crippen LogP contribution >= 0.6 is 12.4 Å². The molecule has 1 aromatic rings. The summed E-state index contributed by atoms with van der Waals surface area (Å²) in [6.07, 6.45) is 2.34. The van der Waals surface area contributed by atoms with Crippen LogP contribution < -0.4 is 5.73 Å². The van der Waals surface area contributed by atoms with Gasteiger partial charge in [-0.1, -0.05) is 38.1 Å². The molecule has 0 aliphatic carbocycles. The lowest BCUT2D eigenvalue weighted by molar-refractivity contribution is 0.546. The van der Waals surface area contributed by atoms with Crippen molar-refractivity contribution in [3.05, 3.63) is 41.8 Å². The molecule has 5 heteroatoms. The topological polar surface area (TPSA) is 60.2 Å². The predicted octanol–water partition coefficient (Wildman–Crippen LogP) is 2.77. The van der Waals surface area contributed by atoms with Gasteiger partial charge >= 0.3 is 0 Å². The second-order valence-corrected chi connectivity index (χ2v) is 6.31. The van der Waals surface area contributed by atoms with Gasteiger partial charge in [-0.05, 0) is 24.5 Å². The molecule has 0 unspecified atom stereocenters. The van der Waals surface area contributed by atoms with E-state index < -0.39 is 9.84 Å². The highest BCUT2D eigenvalue weighted by molar-refractivity contribution is 7.94. The molecule has 0 aromatic heterocycles. The number of benzene rings is 1. The second-order valence-electron chi connectivity index (χ2n) is 4.48. The van der Waals surface area contributed by atoms with E-state index in [2.05, 4.69) is 13.8 Å². The minimum Gasteiger partial charge on any atom is -0.324 e. The van der Waals surface area contributed by atoms with Gasteiger partial charge in [-0.2, -0.15) is 0 Å². The van der Waals surface area contributed by atoms with Crippen molar-refractivity contribution in [2.45, 2.75) is 31.2 Å². The van der Waals surface area contributed by atoms with Crippen LogP contribution in [0.2, 0.25) is 0 Å². The Labute approximate surface area is 115 Å². The third-order valence-corrected chi connectivity index (χ3v) is 3.76. The second kappa shape index (κ2) is 7.56. The van der Waals surface area contributed by atoms with Crippen LogP contribution in [0.3, 0.4) is 0 Å². The van der Waals surface area contributed by atoms with Crippen LogP contribution in [-0.2, 0) is 9.84 Å². The maximum atomic E-state index is 11.9. The summed E-state index contributed by atoms with van der Waals surface area (Å²) in [7, 11) is -3.35. The lowest BCUT2D eigenvalue weighted by atomic mass is 10.1. The summed E-state index contributed by atoms with van der Waals surface area (Å²) in [4.78, 5) is 0.299. The average molecular weight is 290 g/mol. The van der Waals surface area contributed by atoms with Gasteiger partial charge in [0, 0.05) is 11.4 Å². The minimum absolute atomic E-state index is 0. The predicted molar refractivity (Wildman–Crippen MR) is 77.4 cm³/mol. The van der Waals surface area contributed by atoms with Gasteiger partial charge in [-0.3, -0.25) is 0 Å². The van der Waals surface area contributed by atoms with E-state index in [9.17, 15) is 8.42 Å². The molecule has 1 rings (SSSR count). The van der Waals surface area contributed by atoms with E-state index in [0.717, 1.165) is 6.42 Å². The Balaban J connectivity index is 0.00000289. The minimum atomic E-state index is -3.35. The molecule has 3 nitrogen and oxygen atoms in total. The Morgan fingerprint density at radius 3 is 2.28 bits per heavy atom. The fourth-order valence-electron chi connectivity index (χ4n) is 1.52. The monoisotopic (exact) mass is 289 g/mol. The molecular weight excluding hydrogens is 270 g/mol. The third-order valence-electron chi connectivity index (χ3n) is 2.32. The molecule has 0 bridgehead atoms. The largest absolute Gasteiger partial charge is 0.324 e. The normalized spacial score (nSPS) is 13.6. The molecule has 0 saturated heterocycles. The number of sulfone groups is 1. The van der Waals surface area contributed by atoms with Gasteiger partial charge in [-0.15, -0.1) is 12.4 Å². The van der Waals surface area contributed by atoms with Crippen molar-refractivity contribution < 1.29 is 8.42 Å². The summed E-state index contributed by atoms with van der Waals surface area (Å²) in [5.74, 6) is 0.453. The fourth-order valence-corrected chi connectivity index (χ4v) is 2.62. The molecule has 0 amide bonds. The Morgan fingerprint density at radius 1 is 1.22 bits per heavy atom. The summed E-state index contributed by atoms with van der Waals surface area (Å²) in [5, 5.41) is 1.20. The van der Waals surface area contributed by atoms with E-state index in [1.807, 2.05) is 0 Å². The highest BCUT2D eigenvalue weighted by Crippen LogP contribution is 2.12. The molecular formula is C13H20ClNO2S. The Hall–Kier alpha value is -0.840. The first-order chi connectivity index (χ1) is 7.92. The van der Waals surface area contributed by atoms with Crippen molar-refractivity contribution >= 4 is 22.2 Å². The molecule has 0 fully saturated rings. The van der Waals surface area contributed by atoms with Gasteiger partial charge < -0.3 is 5.73 Å². The molecule has 0 saturated carbocycles. The molecule has 0 spiro atoms. The number of nitrogens with two attached hydrogens (primary N) is 1. The van der Waals surface area contributed by atoms with Crippen molar-refractivity contribution in [1.29, 1.82) is 0 Å². The smallest absolute Gasteiger partial charge is 0.199 e. The lowest BCUT2D eigenvalue weighted by Crippen LogP contribution is -2.19. The maximum absolute atomic E-state index is 11.9. The molecule has 0 aliphatic rings. The van der Waals surface area contributed by atoms with Crippen molar-refractivity contribution in [2.24, 2.45) is 11.7 Å². The first-order valence-electron chi connectivity index (χ1n) is 5.66. The first-order valence-corrected chi connectivity index (χ1v) is 7.20. The standard InChI is InChI=1S/C13H19NO2S.ClH/c1-11(2)10-12(14)8-9-17(15,16)13-6-4-3-5-7-13;/h3-9,11-12H,10,14H2,1-2H3;1H/t12-;/m1./s1. The zero-order valence-electron chi connectivity index (χ0n) is 10.6. The highest BCUT2D eigenvalue weighted by atomic mass is 35.5. The molecule has 1 aromatic carbocycles. The fraction of sp³-hybridized carbons (Fsp3) is 0.385. The molecule has 102 valence electrons. The maximum Gasteiger partial charge on any atom is 0.199 e. The van der Waals surface area contributed by atoms with Gasteiger partial charge in [0.2, 0.25) is 0 Å². The summed E-state index contributed by atoms with van der Waals surface area (Å²) in [5.41, 5.74) is 5.81. The van der Waals surface area contributed by atoms with Crippen LogP contribution in [0.25, 0.3) is 0 Å². The Kier molecular flexibility index (Phi) is 7.21. The summed E-state index contributed by atoms with van der Waals surface area (Å²) in [6.45, 7) is 4.11. The first kappa shape index (κ1) is 17.2. The van der Waals surface area contributed by atoms with Crippen molar-refractivity contribution in [2.75, 3.05) is 0 Å². The summed E-state index contributed by atoms with van der Waals surface area (Å²) < 4.78 is 23.8. The van der Waals surface area contributed by atoms with Gasteiger partial charge in [0.15, 0.2) is 9.84 Å². The number of hydrogen-bond acceptors (Lipinski definition) is 3. The molecule has 0 radical (unpaired) electrons. The molecule has 18 heavy (non-hydrogen) atoms. The van der Waals surface area contributed by atoms with Gasteiger partial charge in [0.05, 0.1) is 4.90 Å². The zero-order valence-corrected chi connectivity index (χ0v) is 12.2. The van der Waals surface area contributed by atoms with E-state index in [1.54, 1.807) is 36.4 Å². The third kappa shape index (κ3) is 5.67. The van der Waals surface area contributed by atoms with Crippen LogP contribution in [-0.4, -0.2) is 14.5 Å². The van der Waals surface area contributed by atoms with Gasteiger partial charge in [0.25, 0.3) is 0 Å². The van der Waals surface area contributed by atoms with Crippen molar-refractivity contribution in [3.63, 3.8) is 0 Å². The SMILES string of the molecule is CC(C)C[C@H](N)C=CS(=O)(=O)c1ccccc1.Cl. The van der Waals surface area contributed by atoms with Gasteiger partial charge in [-0.25, -0.2) is 8.42 Å². The van der Waals surface area contributed by atoms with Crippen LogP contribution in [0.15, 0.2) is 46.7 Å². The van der Waals surface area contributed by atoms with E-state index in [1.165, 1.54) is 5.41 Å². The van der Waals surface area contributed by atoms with Crippen LogP contribution in [0.4, 0.5) is 0 Å². The quantitative estimate of drug-likeness (QED) is 0.907. The average Bonchev–Trinajstić information content (AvgIpc) is 2.27. The number of hydrogen-bond donors (Lipinski definition) is 1. The Morgan fingerprint density at radius 2 is 1.78 bits per heavy atom. The number of halogens is 1. The van der Waals surface area contributed by atoms with Gasteiger partial charge in [0.1, 0.15) is 0 Å². The van der Waals surface area contributed by atoms with Crippen molar-refractivity contribution in [3.8, 4) is 0 Å². The number of rotatable bonds is 5. The summed E-state index contributed by atoms with van der Waals surface area (Å²) >= 11 is 0. The van der Waals surface area contributed by atoms with E-state index >= 15 is 0 Å².